The van der Waals surface area contributed by atoms with Crippen LogP contribution in [0.15, 0.2) is 11.6 Å². The number of carbonyl (C=O) groups excluding carboxylic acids is 2. The smallest absolute Gasteiger partial charge is 0.302 e. The molecule has 0 radical (unpaired) electrons. The number of allylic oxidation sites excluding steroid dienone is 2. The van der Waals surface area contributed by atoms with Crippen LogP contribution in [0.4, 0.5) is 0 Å². The van der Waals surface area contributed by atoms with Crippen LogP contribution in [0, 0.1) is 0 Å². The zero-order chi connectivity index (χ0) is 12.4. The van der Waals surface area contributed by atoms with E-state index in [2.05, 4.69) is 17.7 Å². The molecule has 0 N–H and O–H groups in total. The Kier molecular flexibility index (Phi) is 8.49. The lowest BCUT2D eigenvalue weighted by atomic mass is 10.1. The van der Waals surface area contributed by atoms with E-state index < -0.39 is 0 Å². The van der Waals surface area contributed by atoms with Gasteiger partial charge in [-0.15, -0.1) is 0 Å². The molecule has 1 aliphatic rings. The summed E-state index contributed by atoms with van der Waals surface area (Å²) < 4.78 is 4.11. The first-order valence-electron chi connectivity index (χ1n) is 5.88. The highest BCUT2D eigenvalue weighted by Crippen LogP contribution is 2.19. The summed E-state index contributed by atoms with van der Waals surface area (Å²) in [6.45, 7) is 3.55. The number of hydrogen-bond acceptors (Lipinski definition) is 3. The zero-order valence-electron chi connectivity index (χ0n) is 10.5. The first-order valence-corrected chi connectivity index (χ1v) is 5.88. The number of esters is 1. The van der Waals surface area contributed by atoms with Gasteiger partial charge in [0.25, 0.3) is 0 Å². The van der Waals surface area contributed by atoms with Crippen LogP contribution in [-0.2, 0) is 14.3 Å². The average molecular weight is 226 g/mol. The maximum absolute atomic E-state index is 11.1. The minimum absolute atomic E-state index is 0.245. The van der Waals surface area contributed by atoms with Crippen molar-refractivity contribution in [2.45, 2.75) is 52.4 Å². The van der Waals surface area contributed by atoms with Gasteiger partial charge in [0.15, 0.2) is 5.78 Å². The fraction of sp³-hybridized carbons (Fsp3) is 0.692. The van der Waals surface area contributed by atoms with Crippen molar-refractivity contribution in [1.29, 1.82) is 0 Å². The van der Waals surface area contributed by atoms with Crippen LogP contribution in [-0.4, -0.2) is 18.9 Å². The number of carbonyl (C=O) groups is 2. The van der Waals surface area contributed by atoms with Crippen LogP contribution in [0.1, 0.15) is 52.4 Å². The van der Waals surface area contributed by atoms with E-state index >= 15 is 0 Å². The molecule has 0 fully saturated rings. The first kappa shape index (κ1) is 14.9. The number of unbranched alkanes of at least 4 members (excludes halogenated alkanes) is 2. The second kappa shape index (κ2) is 9.13. The van der Waals surface area contributed by atoms with Crippen molar-refractivity contribution in [3.63, 3.8) is 0 Å². The predicted octanol–water partition coefficient (Wildman–Crippen LogP) is 3.04. The van der Waals surface area contributed by atoms with Gasteiger partial charge in [0.2, 0.25) is 0 Å². The van der Waals surface area contributed by atoms with E-state index in [0.29, 0.717) is 5.78 Å². The van der Waals surface area contributed by atoms with Crippen molar-refractivity contribution in [3.8, 4) is 0 Å². The average Bonchev–Trinajstić information content (AvgIpc) is 2.66. The monoisotopic (exact) mass is 226 g/mol. The molecule has 3 heteroatoms. The van der Waals surface area contributed by atoms with Crippen molar-refractivity contribution in [2.24, 2.45) is 0 Å². The molecule has 0 unspecified atom stereocenters. The SMILES string of the molecule is CCCCCC1=CCCC1=O.COC(C)=O. The van der Waals surface area contributed by atoms with Crippen LogP contribution in [0.3, 0.4) is 0 Å². The molecule has 0 aromatic carbocycles. The van der Waals surface area contributed by atoms with Gasteiger partial charge in [0, 0.05) is 13.3 Å². The molecule has 0 aromatic heterocycles. The molecule has 0 spiro atoms. The Hall–Kier alpha value is -1.12. The Morgan fingerprint density at radius 3 is 2.44 bits per heavy atom. The molecule has 0 atom stereocenters. The largest absolute Gasteiger partial charge is 0.469 e. The third-order valence-electron chi connectivity index (χ3n) is 2.46. The van der Waals surface area contributed by atoms with Crippen molar-refractivity contribution in [1.82, 2.24) is 0 Å². The molecule has 1 aliphatic carbocycles. The van der Waals surface area contributed by atoms with Gasteiger partial charge >= 0.3 is 5.97 Å². The highest BCUT2D eigenvalue weighted by molar-refractivity contribution is 5.97. The summed E-state index contributed by atoms with van der Waals surface area (Å²) in [7, 11) is 1.35. The lowest BCUT2D eigenvalue weighted by Crippen LogP contribution is -1.94. The summed E-state index contributed by atoms with van der Waals surface area (Å²) in [6, 6.07) is 0. The fourth-order valence-corrected chi connectivity index (χ4v) is 1.46. The summed E-state index contributed by atoms with van der Waals surface area (Å²) >= 11 is 0. The van der Waals surface area contributed by atoms with Crippen LogP contribution >= 0.6 is 0 Å². The quantitative estimate of drug-likeness (QED) is 0.546. The van der Waals surface area contributed by atoms with Crippen LogP contribution in [0.25, 0.3) is 0 Å². The van der Waals surface area contributed by atoms with Gasteiger partial charge in [-0.3, -0.25) is 9.59 Å². The molecule has 1 rings (SSSR count). The molecule has 0 saturated carbocycles. The van der Waals surface area contributed by atoms with E-state index in [1.807, 2.05) is 0 Å². The number of hydrogen-bond donors (Lipinski definition) is 0. The topological polar surface area (TPSA) is 43.4 Å². The van der Waals surface area contributed by atoms with Crippen LogP contribution in [0.2, 0.25) is 0 Å². The summed E-state index contributed by atoms with van der Waals surface area (Å²) in [5, 5.41) is 0. The molecule has 0 aliphatic heterocycles. The lowest BCUT2D eigenvalue weighted by Gasteiger charge is -1.98. The summed E-state index contributed by atoms with van der Waals surface area (Å²) in [6.07, 6.45) is 8.56. The van der Waals surface area contributed by atoms with E-state index in [1.165, 1.54) is 33.3 Å². The third kappa shape index (κ3) is 7.21. The van der Waals surface area contributed by atoms with Crippen molar-refractivity contribution in [2.75, 3.05) is 7.11 Å². The highest BCUT2D eigenvalue weighted by Gasteiger charge is 2.13. The molecule has 0 heterocycles. The lowest BCUT2D eigenvalue weighted by molar-refractivity contribution is -0.137. The summed E-state index contributed by atoms with van der Waals surface area (Å²) in [5.41, 5.74) is 1.10. The maximum atomic E-state index is 11.1. The molecular weight excluding hydrogens is 204 g/mol. The normalized spacial score (nSPS) is 13.9. The third-order valence-corrected chi connectivity index (χ3v) is 2.46. The van der Waals surface area contributed by atoms with E-state index in [1.54, 1.807) is 0 Å². The molecule has 16 heavy (non-hydrogen) atoms. The van der Waals surface area contributed by atoms with Crippen LogP contribution in [0.5, 0.6) is 0 Å². The van der Waals surface area contributed by atoms with Crippen molar-refractivity contribution in [3.05, 3.63) is 11.6 Å². The van der Waals surface area contributed by atoms with Gasteiger partial charge in [-0.2, -0.15) is 0 Å². The molecule has 0 saturated heterocycles. The summed E-state index contributed by atoms with van der Waals surface area (Å²) in [4.78, 5) is 20.7. The highest BCUT2D eigenvalue weighted by atomic mass is 16.5. The van der Waals surface area contributed by atoms with Crippen molar-refractivity contribution < 1.29 is 14.3 Å². The molecule has 0 bridgehead atoms. The van der Waals surface area contributed by atoms with E-state index in [4.69, 9.17) is 0 Å². The Balaban J connectivity index is 0.000000385. The number of methoxy groups -OCH3 is 1. The zero-order valence-corrected chi connectivity index (χ0v) is 10.5. The Morgan fingerprint density at radius 1 is 1.44 bits per heavy atom. The maximum Gasteiger partial charge on any atom is 0.302 e. The minimum atomic E-state index is -0.245. The molecular formula is C13H22O3. The van der Waals surface area contributed by atoms with Gasteiger partial charge in [-0.05, 0) is 24.8 Å². The van der Waals surface area contributed by atoms with Gasteiger partial charge in [0.1, 0.15) is 0 Å². The molecule has 0 aromatic rings. The minimum Gasteiger partial charge on any atom is -0.469 e. The number of ether oxygens (including phenoxy) is 1. The Bertz CT molecular complexity index is 254. The molecule has 0 amide bonds. The predicted molar refractivity (Wildman–Crippen MR) is 64.2 cm³/mol. The Labute approximate surface area is 97.9 Å². The van der Waals surface area contributed by atoms with Gasteiger partial charge in [0.05, 0.1) is 7.11 Å². The van der Waals surface area contributed by atoms with Crippen molar-refractivity contribution >= 4 is 11.8 Å². The van der Waals surface area contributed by atoms with E-state index in [9.17, 15) is 9.59 Å². The second-order valence-corrected chi connectivity index (χ2v) is 3.84. The van der Waals surface area contributed by atoms with Gasteiger partial charge < -0.3 is 4.74 Å². The van der Waals surface area contributed by atoms with Gasteiger partial charge in [-0.25, -0.2) is 0 Å². The number of ketones is 1. The second-order valence-electron chi connectivity index (χ2n) is 3.84. The number of rotatable bonds is 4. The van der Waals surface area contributed by atoms with Crippen LogP contribution < -0.4 is 0 Å². The molecule has 3 nitrogen and oxygen atoms in total. The number of Topliss-reactive ketones (excluding diaryl/α,β-unsaturated/α-hetero) is 1. The molecule has 92 valence electrons. The van der Waals surface area contributed by atoms with E-state index in [-0.39, 0.29) is 5.97 Å². The van der Waals surface area contributed by atoms with Gasteiger partial charge in [-0.1, -0.05) is 25.8 Å². The first-order chi connectivity index (χ1) is 7.61. The van der Waals surface area contributed by atoms with E-state index in [0.717, 1.165) is 24.8 Å². The fourth-order valence-electron chi connectivity index (χ4n) is 1.46. The summed E-state index contributed by atoms with van der Waals surface area (Å²) in [5.74, 6) is 0.145. The Morgan fingerprint density at radius 2 is 2.06 bits per heavy atom. The standard InChI is InChI=1S/C10H16O.C3H6O2/c1-2-3-4-6-9-7-5-8-10(9)11;1-3(4)5-2/h7H,2-6,8H2,1H3;1-2H3.